The van der Waals surface area contributed by atoms with Gasteiger partial charge in [0, 0.05) is 25.8 Å². The molecule has 2 amide bonds. The Morgan fingerprint density at radius 1 is 1.04 bits per heavy atom. The summed E-state index contributed by atoms with van der Waals surface area (Å²) in [4.78, 5) is 25.0. The molecule has 2 aromatic rings. The number of methoxy groups -OCH3 is 1. The zero-order valence-electron chi connectivity index (χ0n) is 15.1. The monoisotopic (exact) mass is 370 g/mol. The van der Waals surface area contributed by atoms with E-state index in [1.807, 2.05) is 0 Å². The first-order chi connectivity index (χ1) is 13.2. The second-order valence-electron chi connectivity index (χ2n) is 5.96. The van der Waals surface area contributed by atoms with Gasteiger partial charge in [0.2, 0.25) is 0 Å². The largest absolute Gasteiger partial charge is 0.486 e. The Morgan fingerprint density at radius 3 is 2.63 bits per heavy atom. The molecule has 3 rings (SSSR count). The van der Waals surface area contributed by atoms with Crippen LogP contribution >= 0.6 is 0 Å². The van der Waals surface area contributed by atoms with Crippen LogP contribution in [0.3, 0.4) is 0 Å². The molecule has 0 bridgehead atoms. The average Bonchev–Trinajstić information content (AvgIpc) is 2.71. The Morgan fingerprint density at radius 2 is 1.81 bits per heavy atom. The molecule has 27 heavy (non-hydrogen) atoms. The van der Waals surface area contributed by atoms with Crippen molar-refractivity contribution >= 4 is 17.5 Å². The lowest BCUT2D eigenvalue weighted by molar-refractivity contribution is 0.0949. The van der Waals surface area contributed by atoms with Crippen LogP contribution in [0.4, 0.5) is 5.69 Å². The number of nitrogens with one attached hydrogen (secondary N) is 2. The number of ether oxygens (including phenoxy) is 3. The third-order valence-corrected chi connectivity index (χ3v) is 4.04. The summed E-state index contributed by atoms with van der Waals surface area (Å²) < 4.78 is 15.9. The number of rotatable bonds is 7. The summed E-state index contributed by atoms with van der Waals surface area (Å²) in [6.07, 6.45) is 0.716. The minimum Gasteiger partial charge on any atom is -0.486 e. The highest BCUT2D eigenvalue weighted by Crippen LogP contribution is 2.31. The Balaban J connectivity index is 1.70. The highest BCUT2D eigenvalue weighted by atomic mass is 16.6. The summed E-state index contributed by atoms with van der Waals surface area (Å²) in [7, 11) is 1.62. The number of amides is 2. The molecular formula is C20H22N2O5. The van der Waals surface area contributed by atoms with Crippen molar-refractivity contribution < 1.29 is 23.8 Å². The first-order valence-electron chi connectivity index (χ1n) is 8.76. The Hall–Kier alpha value is -3.06. The van der Waals surface area contributed by atoms with E-state index in [-0.39, 0.29) is 11.8 Å². The van der Waals surface area contributed by atoms with Crippen molar-refractivity contribution in [1.82, 2.24) is 5.32 Å². The van der Waals surface area contributed by atoms with Gasteiger partial charge in [-0.1, -0.05) is 12.1 Å². The minimum absolute atomic E-state index is 0.246. The molecule has 142 valence electrons. The zero-order chi connectivity index (χ0) is 19.1. The van der Waals surface area contributed by atoms with Crippen LogP contribution in [0.2, 0.25) is 0 Å². The van der Waals surface area contributed by atoms with Gasteiger partial charge in [0.15, 0.2) is 11.5 Å². The maximum atomic E-state index is 12.6. The smallest absolute Gasteiger partial charge is 0.255 e. The number of fused-ring (bicyclic) bond motifs is 1. The average molecular weight is 370 g/mol. The predicted octanol–water partition coefficient (Wildman–Crippen LogP) is 2.48. The molecule has 0 saturated heterocycles. The van der Waals surface area contributed by atoms with E-state index in [4.69, 9.17) is 14.2 Å². The zero-order valence-corrected chi connectivity index (χ0v) is 15.1. The molecule has 0 atom stereocenters. The molecular weight excluding hydrogens is 348 g/mol. The van der Waals surface area contributed by atoms with E-state index >= 15 is 0 Å². The van der Waals surface area contributed by atoms with Crippen molar-refractivity contribution in [3.8, 4) is 11.5 Å². The summed E-state index contributed by atoms with van der Waals surface area (Å²) in [5, 5.41) is 5.62. The fraction of sp³-hybridized carbons (Fsp3) is 0.300. The topological polar surface area (TPSA) is 85.9 Å². The van der Waals surface area contributed by atoms with Crippen LogP contribution in [0.5, 0.6) is 11.5 Å². The van der Waals surface area contributed by atoms with Gasteiger partial charge in [-0.05, 0) is 36.8 Å². The Bertz CT molecular complexity index is 822. The summed E-state index contributed by atoms with van der Waals surface area (Å²) in [5.74, 6) is 0.586. The van der Waals surface area contributed by atoms with Gasteiger partial charge in [0.1, 0.15) is 13.2 Å². The number of hydrogen-bond donors (Lipinski definition) is 2. The van der Waals surface area contributed by atoms with Crippen LogP contribution < -0.4 is 20.1 Å². The number of hydrogen-bond acceptors (Lipinski definition) is 5. The number of anilines is 1. The lowest BCUT2D eigenvalue weighted by Crippen LogP contribution is -2.26. The van der Waals surface area contributed by atoms with Gasteiger partial charge in [-0.25, -0.2) is 0 Å². The van der Waals surface area contributed by atoms with Gasteiger partial charge in [-0.15, -0.1) is 0 Å². The molecule has 2 aromatic carbocycles. The first kappa shape index (κ1) is 18.7. The SMILES string of the molecule is COCCCNC(=O)c1ccccc1NC(=O)c1ccc2c(c1)OCCO2. The van der Waals surface area contributed by atoms with E-state index in [1.54, 1.807) is 49.6 Å². The van der Waals surface area contributed by atoms with Crippen LogP contribution in [0.15, 0.2) is 42.5 Å². The third-order valence-electron chi connectivity index (χ3n) is 4.04. The first-order valence-corrected chi connectivity index (χ1v) is 8.76. The second-order valence-corrected chi connectivity index (χ2v) is 5.96. The van der Waals surface area contributed by atoms with Gasteiger partial charge >= 0.3 is 0 Å². The van der Waals surface area contributed by atoms with E-state index in [1.165, 1.54) is 0 Å². The quantitative estimate of drug-likeness (QED) is 0.732. The van der Waals surface area contributed by atoms with Gasteiger partial charge in [-0.2, -0.15) is 0 Å². The van der Waals surface area contributed by atoms with E-state index in [9.17, 15) is 9.59 Å². The molecule has 0 radical (unpaired) electrons. The second kappa shape index (κ2) is 9.05. The van der Waals surface area contributed by atoms with Crippen LogP contribution in [0.1, 0.15) is 27.1 Å². The summed E-state index contributed by atoms with van der Waals surface area (Å²) in [6.45, 7) is 2.01. The molecule has 0 saturated carbocycles. The lowest BCUT2D eigenvalue weighted by Gasteiger charge is -2.19. The van der Waals surface area contributed by atoms with E-state index < -0.39 is 0 Å². The van der Waals surface area contributed by atoms with E-state index in [2.05, 4.69) is 10.6 Å². The van der Waals surface area contributed by atoms with Gasteiger partial charge in [-0.3, -0.25) is 9.59 Å². The van der Waals surface area contributed by atoms with Crippen molar-refractivity contribution in [3.05, 3.63) is 53.6 Å². The van der Waals surface area contributed by atoms with Crippen LogP contribution in [-0.2, 0) is 4.74 Å². The van der Waals surface area contributed by atoms with Crippen molar-refractivity contribution in [3.63, 3.8) is 0 Å². The highest BCUT2D eigenvalue weighted by Gasteiger charge is 2.17. The van der Waals surface area contributed by atoms with Gasteiger partial charge in [0.25, 0.3) is 11.8 Å². The molecule has 1 aliphatic rings. The summed E-state index contributed by atoms with van der Waals surface area (Å²) >= 11 is 0. The fourth-order valence-corrected chi connectivity index (χ4v) is 2.68. The number of para-hydroxylation sites is 1. The Labute approximate surface area is 157 Å². The van der Waals surface area contributed by atoms with Crippen LogP contribution in [0.25, 0.3) is 0 Å². The molecule has 7 heteroatoms. The molecule has 0 spiro atoms. The van der Waals surface area contributed by atoms with Crippen LogP contribution in [-0.4, -0.2) is 45.3 Å². The number of carbonyl (C=O) groups excluding carboxylic acids is 2. The van der Waals surface area contributed by atoms with Crippen molar-refractivity contribution in [1.29, 1.82) is 0 Å². The maximum Gasteiger partial charge on any atom is 0.255 e. The Kier molecular flexibility index (Phi) is 6.27. The summed E-state index contributed by atoms with van der Waals surface area (Å²) in [6, 6.07) is 11.9. The normalized spacial score (nSPS) is 12.3. The molecule has 0 fully saturated rings. The maximum absolute atomic E-state index is 12.6. The van der Waals surface area contributed by atoms with Crippen LogP contribution in [0, 0.1) is 0 Å². The minimum atomic E-state index is -0.327. The summed E-state index contributed by atoms with van der Waals surface area (Å²) in [5.41, 5.74) is 1.27. The number of benzene rings is 2. The number of carbonyl (C=O) groups is 2. The van der Waals surface area contributed by atoms with Gasteiger partial charge in [0.05, 0.1) is 11.3 Å². The molecule has 0 aromatic heterocycles. The highest BCUT2D eigenvalue weighted by molar-refractivity contribution is 6.09. The molecule has 0 aliphatic carbocycles. The third kappa shape index (κ3) is 4.77. The van der Waals surface area contributed by atoms with Crippen molar-refractivity contribution in [2.24, 2.45) is 0 Å². The van der Waals surface area contributed by atoms with Crippen molar-refractivity contribution in [2.45, 2.75) is 6.42 Å². The lowest BCUT2D eigenvalue weighted by atomic mass is 10.1. The molecule has 1 heterocycles. The standard InChI is InChI=1S/C20H22N2O5/c1-25-10-4-9-21-20(24)15-5-2-3-6-16(15)22-19(23)14-7-8-17-18(13-14)27-12-11-26-17/h2-3,5-8,13H,4,9-12H2,1H3,(H,21,24)(H,22,23). The van der Waals surface area contributed by atoms with Gasteiger partial charge < -0.3 is 24.8 Å². The predicted molar refractivity (Wildman–Crippen MR) is 101 cm³/mol. The molecule has 2 N–H and O–H groups in total. The van der Waals surface area contributed by atoms with E-state index in [0.29, 0.717) is 61.1 Å². The molecule has 0 unspecified atom stereocenters. The molecule has 7 nitrogen and oxygen atoms in total. The van der Waals surface area contributed by atoms with E-state index in [0.717, 1.165) is 0 Å². The van der Waals surface area contributed by atoms with Crippen molar-refractivity contribution in [2.75, 3.05) is 38.8 Å². The molecule has 1 aliphatic heterocycles. The fourth-order valence-electron chi connectivity index (χ4n) is 2.68.